The molecule has 0 unspecified atom stereocenters. The van der Waals surface area contributed by atoms with E-state index in [2.05, 4.69) is 5.32 Å². The fourth-order valence-electron chi connectivity index (χ4n) is 2.25. The summed E-state index contributed by atoms with van der Waals surface area (Å²) < 4.78 is 0. The summed E-state index contributed by atoms with van der Waals surface area (Å²) in [6.45, 7) is 4.93. The van der Waals surface area contributed by atoms with Crippen LogP contribution >= 0.6 is 0 Å². The van der Waals surface area contributed by atoms with Crippen molar-refractivity contribution in [1.29, 1.82) is 0 Å². The predicted octanol–water partition coefficient (Wildman–Crippen LogP) is 2.85. The SMILES string of the molecule is CC(C)N(CC(=O)NC(=O)c1ccccc1)Cc1ccccc1. The quantitative estimate of drug-likeness (QED) is 0.892. The van der Waals surface area contributed by atoms with Crippen molar-refractivity contribution >= 4 is 11.8 Å². The van der Waals surface area contributed by atoms with Crippen LogP contribution in [0.15, 0.2) is 60.7 Å². The summed E-state index contributed by atoms with van der Waals surface area (Å²) in [5.74, 6) is -0.650. The van der Waals surface area contributed by atoms with Gasteiger partial charge in [-0.2, -0.15) is 0 Å². The second-order valence-corrected chi connectivity index (χ2v) is 5.73. The van der Waals surface area contributed by atoms with Gasteiger partial charge in [-0.25, -0.2) is 0 Å². The third-order valence-electron chi connectivity index (χ3n) is 3.59. The Morgan fingerprint density at radius 3 is 2.09 bits per heavy atom. The van der Waals surface area contributed by atoms with Crippen LogP contribution < -0.4 is 5.32 Å². The number of imide groups is 1. The van der Waals surface area contributed by atoms with Crippen molar-refractivity contribution in [2.75, 3.05) is 6.54 Å². The summed E-state index contributed by atoms with van der Waals surface area (Å²) in [7, 11) is 0. The van der Waals surface area contributed by atoms with Crippen LogP contribution in [-0.4, -0.2) is 29.3 Å². The molecular formula is C19H22N2O2. The molecule has 0 radical (unpaired) electrons. The summed E-state index contributed by atoms with van der Waals surface area (Å²) in [6.07, 6.45) is 0. The number of benzene rings is 2. The molecule has 23 heavy (non-hydrogen) atoms. The molecule has 0 fully saturated rings. The smallest absolute Gasteiger partial charge is 0.257 e. The Morgan fingerprint density at radius 2 is 1.52 bits per heavy atom. The molecule has 2 aromatic carbocycles. The van der Waals surface area contributed by atoms with Crippen LogP contribution in [0.2, 0.25) is 0 Å². The highest BCUT2D eigenvalue weighted by Crippen LogP contribution is 2.08. The molecule has 0 bridgehead atoms. The number of nitrogens with one attached hydrogen (secondary N) is 1. The van der Waals surface area contributed by atoms with Gasteiger partial charge < -0.3 is 0 Å². The minimum Gasteiger partial charge on any atom is -0.291 e. The number of carbonyl (C=O) groups excluding carboxylic acids is 2. The highest BCUT2D eigenvalue weighted by molar-refractivity contribution is 6.05. The number of carbonyl (C=O) groups is 2. The summed E-state index contributed by atoms with van der Waals surface area (Å²) in [5, 5.41) is 2.45. The monoisotopic (exact) mass is 310 g/mol. The molecule has 0 heterocycles. The lowest BCUT2D eigenvalue weighted by Crippen LogP contribution is -2.42. The zero-order valence-electron chi connectivity index (χ0n) is 13.5. The van der Waals surface area contributed by atoms with E-state index in [0.717, 1.165) is 5.56 Å². The van der Waals surface area contributed by atoms with E-state index in [0.29, 0.717) is 12.1 Å². The summed E-state index contributed by atoms with van der Waals surface area (Å²) >= 11 is 0. The molecule has 0 aliphatic carbocycles. The molecule has 2 aromatic rings. The van der Waals surface area contributed by atoms with Crippen LogP contribution in [-0.2, 0) is 11.3 Å². The normalized spacial score (nSPS) is 10.8. The van der Waals surface area contributed by atoms with Gasteiger partial charge in [-0.3, -0.25) is 19.8 Å². The van der Waals surface area contributed by atoms with Crippen LogP contribution in [0, 0.1) is 0 Å². The average Bonchev–Trinajstić information content (AvgIpc) is 2.56. The van der Waals surface area contributed by atoms with Crippen molar-refractivity contribution < 1.29 is 9.59 Å². The summed E-state index contributed by atoms with van der Waals surface area (Å²) in [5.41, 5.74) is 1.63. The second kappa shape index (κ2) is 8.25. The highest BCUT2D eigenvalue weighted by atomic mass is 16.2. The number of hydrogen-bond acceptors (Lipinski definition) is 3. The molecule has 0 saturated carbocycles. The lowest BCUT2D eigenvalue weighted by Gasteiger charge is -2.25. The topological polar surface area (TPSA) is 49.4 Å². The Kier molecular flexibility index (Phi) is 6.06. The molecule has 0 aromatic heterocycles. The van der Waals surface area contributed by atoms with Crippen molar-refractivity contribution in [1.82, 2.24) is 10.2 Å². The van der Waals surface area contributed by atoms with Gasteiger partial charge in [0.1, 0.15) is 0 Å². The van der Waals surface area contributed by atoms with E-state index in [4.69, 9.17) is 0 Å². The first-order valence-electron chi connectivity index (χ1n) is 7.73. The van der Waals surface area contributed by atoms with Crippen molar-refractivity contribution in [3.63, 3.8) is 0 Å². The molecule has 0 aliphatic rings. The van der Waals surface area contributed by atoms with Gasteiger partial charge in [-0.15, -0.1) is 0 Å². The van der Waals surface area contributed by atoms with Crippen LogP contribution in [0.3, 0.4) is 0 Å². The Morgan fingerprint density at radius 1 is 0.957 bits per heavy atom. The lowest BCUT2D eigenvalue weighted by atomic mass is 10.2. The van der Waals surface area contributed by atoms with Gasteiger partial charge in [0.2, 0.25) is 5.91 Å². The molecule has 4 nitrogen and oxygen atoms in total. The molecule has 0 saturated heterocycles. The Labute approximate surface area is 137 Å². The van der Waals surface area contributed by atoms with E-state index >= 15 is 0 Å². The average molecular weight is 310 g/mol. The lowest BCUT2D eigenvalue weighted by molar-refractivity contribution is -0.121. The minimum absolute atomic E-state index is 0.186. The number of rotatable bonds is 6. The number of amides is 2. The fraction of sp³-hybridized carbons (Fsp3) is 0.263. The fourth-order valence-corrected chi connectivity index (χ4v) is 2.25. The van der Waals surface area contributed by atoms with Gasteiger partial charge >= 0.3 is 0 Å². The molecule has 0 atom stereocenters. The third-order valence-corrected chi connectivity index (χ3v) is 3.59. The third kappa shape index (κ3) is 5.34. The molecular weight excluding hydrogens is 288 g/mol. The van der Waals surface area contributed by atoms with Crippen molar-refractivity contribution in [2.45, 2.75) is 26.4 Å². The number of hydrogen-bond donors (Lipinski definition) is 1. The Hall–Kier alpha value is -2.46. The van der Waals surface area contributed by atoms with Gasteiger partial charge in [-0.05, 0) is 31.5 Å². The van der Waals surface area contributed by atoms with E-state index < -0.39 is 0 Å². The Bertz CT molecular complexity index is 639. The van der Waals surface area contributed by atoms with Crippen molar-refractivity contribution in [2.24, 2.45) is 0 Å². The maximum absolute atomic E-state index is 12.2. The van der Waals surface area contributed by atoms with Gasteiger partial charge in [0, 0.05) is 18.2 Å². The molecule has 2 amide bonds. The first-order valence-corrected chi connectivity index (χ1v) is 7.73. The first kappa shape index (κ1) is 16.9. The van der Waals surface area contributed by atoms with Crippen LogP contribution in [0.4, 0.5) is 0 Å². The molecule has 0 spiro atoms. The molecule has 1 N–H and O–H groups in total. The van der Waals surface area contributed by atoms with Gasteiger partial charge in [0.25, 0.3) is 5.91 Å². The maximum atomic E-state index is 12.2. The van der Waals surface area contributed by atoms with E-state index in [1.165, 1.54) is 0 Å². The molecule has 2 rings (SSSR count). The maximum Gasteiger partial charge on any atom is 0.257 e. The van der Waals surface area contributed by atoms with E-state index in [9.17, 15) is 9.59 Å². The van der Waals surface area contributed by atoms with E-state index in [-0.39, 0.29) is 24.4 Å². The molecule has 0 aliphatic heterocycles. The largest absolute Gasteiger partial charge is 0.291 e. The van der Waals surface area contributed by atoms with Gasteiger partial charge in [0.05, 0.1) is 6.54 Å². The van der Waals surface area contributed by atoms with Crippen LogP contribution in [0.25, 0.3) is 0 Å². The van der Waals surface area contributed by atoms with E-state index in [1.807, 2.05) is 55.1 Å². The van der Waals surface area contributed by atoms with Crippen molar-refractivity contribution in [3.8, 4) is 0 Å². The first-order chi connectivity index (χ1) is 11.1. The van der Waals surface area contributed by atoms with Crippen LogP contribution in [0.5, 0.6) is 0 Å². The summed E-state index contributed by atoms with van der Waals surface area (Å²) in [4.78, 5) is 26.2. The van der Waals surface area contributed by atoms with Gasteiger partial charge in [0.15, 0.2) is 0 Å². The minimum atomic E-state index is -0.362. The van der Waals surface area contributed by atoms with E-state index in [1.54, 1.807) is 24.3 Å². The summed E-state index contributed by atoms with van der Waals surface area (Å²) in [6, 6.07) is 18.9. The molecule has 120 valence electrons. The van der Waals surface area contributed by atoms with Crippen molar-refractivity contribution in [3.05, 3.63) is 71.8 Å². The Balaban J connectivity index is 1.94. The standard InChI is InChI=1S/C19H22N2O2/c1-15(2)21(13-16-9-5-3-6-10-16)14-18(22)20-19(23)17-11-7-4-8-12-17/h3-12,15H,13-14H2,1-2H3,(H,20,22,23). The number of nitrogens with zero attached hydrogens (tertiary/aromatic N) is 1. The van der Waals surface area contributed by atoms with Crippen LogP contribution in [0.1, 0.15) is 29.8 Å². The van der Waals surface area contributed by atoms with Gasteiger partial charge in [-0.1, -0.05) is 48.5 Å². The molecule has 4 heteroatoms. The zero-order valence-corrected chi connectivity index (χ0v) is 13.5. The highest BCUT2D eigenvalue weighted by Gasteiger charge is 2.16. The second-order valence-electron chi connectivity index (χ2n) is 5.73. The predicted molar refractivity (Wildman–Crippen MR) is 90.9 cm³/mol. The zero-order chi connectivity index (χ0) is 16.7.